The topological polar surface area (TPSA) is 52.0 Å². The average molecular weight is 335 g/mol. The van der Waals surface area contributed by atoms with E-state index in [1.54, 1.807) is 0 Å². The van der Waals surface area contributed by atoms with Gasteiger partial charge in [0.25, 0.3) is 0 Å². The van der Waals surface area contributed by atoms with E-state index in [1.165, 1.54) is 0 Å². The van der Waals surface area contributed by atoms with Gasteiger partial charge >= 0.3 is 0 Å². The first-order chi connectivity index (χ1) is 7.09. The first-order valence-electron chi connectivity index (χ1n) is 4.26. The minimum Gasteiger partial charge on any atom is -0.380 e. The van der Waals surface area contributed by atoms with Crippen LogP contribution < -0.4 is 5.73 Å². The molecule has 0 unspecified atom stereocenters. The molecule has 0 bridgehead atoms. The molecule has 1 heterocycles. The summed E-state index contributed by atoms with van der Waals surface area (Å²) in [6.45, 7) is 1.95. The maximum atomic E-state index is 6.03. The summed E-state index contributed by atoms with van der Waals surface area (Å²) in [6.07, 6.45) is 0. The van der Waals surface area contributed by atoms with E-state index in [0.717, 1.165) is 14.7 Å². The molecule has 15 heavy (non-hydrogen) atoms. The molecule has 3 nitrogen and oxygen atoms in total. The lowest BCUT2D eigenvalue weighted by molar-refractivity contribution is 0.435. The molecule has 1 aromatic carbocycles. The highest BCUT2D eigenvalue weighted by molar-refractivity contribution is 14.1. The zero-order valence-electron chi connectivity index (χ0n) is 7.92. The molecule has 0 aliphatic rings. The summed E-state index contributed by atoms with van der Waals surface area (Å²) in [4.78, 5) is 0. The molecule has 0 radical (unpaired) electrons. The third-order valence-corrected chi connectivity index (χ3v) is 3.54. The Kier molecular flexibility index (Phi) is 2.88. The minimum absolute atomic E-state index is 0.405. The number of nitrogens with zero attached hydrogens (tertiary/aromatic N) is 1. The number of aromatic nitrogens is 1. The average Bonchev–Trinajstić information content (AvgIpc) is 2.53. The maximum absolute atomic E-state index is 6.03. The van der Waals surface area contributed by atoms with E-state index in [9.17, 15) is 0 Å². The van der Waals surface area contributed by atoms with E-state index in [0.29, 0.717) is 16.6 Å². The zero-order valence-corrected chi connectivity index (χ0v) is 10.8. The molecular weight excluding hydrogens is 326 g/mol. The summed E-state index contributed by atoms with van der Waals surface area (Å²) in [5, 5.41) is 4.40. The lowest BCUT2D eigenvalue weighted by atomic mass is 10.1. The molecule has 2 aromatic rings. The number of anilines is 1. The van der Waals surface area contributed by atoms with Crippen molar-refractivity contribution in [1.82, 2.24) is 5.16 Å². The van der Waals surface area contributed by atoms with Gasteiger partial charge in [0.2, 0.25) is 0 Å². The third kappa shape index (κ3) is 1.96. The standard InChI is InChI=1S/C10H8ClIN2O/c1-5-2-3-6(4-7(5)11)9-8(12)10(13)14-15-9/h2-4H,1H3,(H2,13,14). The summed E-state index contributed by atoms with van der Waals surface area (Å²) < 4.78 is 5.95. The summed E-state index contributed by atoms with van der Waals surface area (Å²) in [5.41, 5.74) is 7.52. The predicted molar refractivity (Wildman–Crippen MR) is 68.8 cm³/mol. The molecule has 0 spiro atoms. The van der Waals surface area contributed by atoms with Crippen LogP contribution in [-0.4, -0.2) is 5.16 Å². The Bertz CT molecular complexity index is 510. The summed E-state index contributed by atoms with van der Waals surface area (Å²) in [6, 6.07) is 5.72. The van der Waals surface area contributed by atoms with Crippen molar-refractivity contribution in [3.63, 3.8) is 0 Å². The Balaban J connectivity index is 2.55. The molecule has 0 amide bonds. The van der Waals surface area contributed by atoms with Crippen molar-refractivity contribution < 1.29 is 4.52 Å². The van der Waals surface area contributed by atoms with Crippen LogP contribution in [0.15, 0.2) is 22.7 Å². The largest absolute Gasteiger partial charge is 0.380 e. The SMILES string of the molecule is Cc1ccc(-c2onc(N)c2I)cc1Cl. The normalized spacial score (nSPS) is 10.6. The molecule has 0 saturated heterocycles. The number of aryl methyl sites for hydroxylation is 1. The van der Waals surface area contributed by atoms with Gasteiger partial charge in [-0.3, -0.25) is 0 Å². The van der Waals surface area contributed by atoms with Crippen LogP contribution in [0.3, 0.4) is 0 Å². The molecule has 5 heteroatoms. The second kappa shape index (κ2) is 4.02. The summed E-state index contributed by atoms with van der Waals surface area (Å²) >= 11 is 8.13. The fourth-order valence-corrected chi connectivity index (χ4v) is 1.89. The van der Waals surface area contributed by atoms with Gasteiger partial charge in [-0.15, -0.1) is 0 Å². The minimum atomic E-state index is 0.405. The van der Waals surface area contributed by atoms with Gasteiger partial charge in [0.15, 0.2) is 11.6 Å². The van der Waals surface area contributed by atoms with Crippen molar-refractivity contribution in [1.29, 1.82) is 0 Å². The first-order valence-corrected chi connectivity index (χ1v) is 5.72. The number of hydrogen-bond donors (Lipinski definition) is 1. The van der Waals surface area contributed by atoms with Gasteiger partial charge in [-0.2, -0.15) is 0 Å². The van der Waals surface area contributed by atoms with Crippen LogP contribution >= 0.6 is 34.2 Å². The number of halogens is 2. The monoisotopic (exact) mass is 334 g/mol. The maximum Gasteiger partial charge on any atom is 0.182 e. The lowest BCUT2D eigenvalue weighted by Crippen LogP contribution is -1.86. The van der Waals surface area contributed by atoms with Crippen molar-refractivity contribution in [3.8, 4) is 11.3 Å². The second-order valence-electron chi connectivity index (χ2n) is 3.17. The van der Waals surface area contributed by atoms with Crippen LogP contribution in [0.2, 0.25) is 5.02 Å². The highest BCUT2D eigenvalue weighted by Gasteiger charge is 2.13. The van der Waals surface area contributed by atoms with Crippen LogP contribution in [0.5, 0.6) is 0 Å². The third-order valence-electron chi connectivity index (χ3n) is 2.09. The molecule has 0 saturated carbocycles. The van der Waals surface area contributed by atoms with Gasteiger partial charge in [-0.05, 0) is 41.1 Å². The van der Waals surface area contributed by atoms with Crippen LogP contribution in [0, 0.1) is 10.5 Å². The molecular formula is C10H8ClIN2O. The molecule has 2 rings (SSSR count). The smallest absolute Gasteiger partial charge is 0.182 e. The molecule has 0 aliphatic carbocycles. The van der Waals surface area contributed by atoms with Gasteiger partial charge in [-0.1, -0.05) is 28.9 Å². The summed E-state index contributed by atoms with van der Waals surface area (Å²) in [5.74, 6) is 1.07. The molecule has 0 aliphatic heterocycles. The Morgan fingerprint density at radius 1 is 1.47 bits per heavy atom. The Hall–Kier alpha value is -0.750. The van der Waals surface area contributed by atoms with Gasteiger partial charge in [0.1, 0.15) is 3.57 Å². The van der Waals surface area contributed by atoms with Crippen LogP contribution in [-0.2, 0) is 0 Å². The van der Waals surface area contributed by atoms with Crippen molar-refractivity contribution in [2.75, 3.05) is 5.73 Å². The van der Waals surface area contributed by atoms with E-state index < -0.39 is 0 Å². The highest BCUT2D eigenvalue weighted by Crippen LogP contribution is 2.31. The second-order valence-corrected chi connectivity index (χ2v) is 4.66. The molecule has 0 atom stereocenters. The van der Waals surface area contributed by atoms with Crippen molar-refractivity contribution in [2.45, 2.75) is 6.92 Å². The van der Waals surface area contributed by atoms with Gasteiger partial charge in [0.05, 0.1) is 0 Å². The Morgan fingerprint density at radius 3 is 2.73 bits per heavy atom. The van der Waals surface area contributed by atoms with E-state index >= 15 is 0 Å². The van der Waals surface area contributed by atoms with Crippen molar-refractivity contribution >= 4 is 40.0 Å². The Morgan fingerprint density at radius 2 is 2.20 bits per heavy atom. The number of benzene rings is 1. The Labute approximate surface area is 106 Å². The quantitative estimate of drug-likeness (QED) is 0.812. The zero-order chi connectivity index (χ0) is 11.0. The van der Waals surface area contributed by atoms with Crippen LogP contribution in [0.4, 0.5) is 5.82 Å². The molecule has 1 aromatic heterocycles. The first kappa shape index (κ1) is 10.8. The van der Waals surface area contributed by atoms with E-state index in [4.69, 9.17) is 21.9 Å². The van der Waals surface area contributed by atoms with E-state index in [1.807, 2.05) is 25.1 Å². The lowest BCUT2D eigenvalue weighted by Gasteiger charge is -2.00. The predicted octanol–water partition coefficient (Wildman–Crippen LogP) is 3.49. The number of rotatable bonds is 1. The number of hydrogen-bond acceptors (Lipinski definition) is 3. The van der Waals surface area contributed by atoms with E-state index in [-0.39, 0.29) is 0 Å². The van der Waals surface area contributed by atoms with Crippen LogP contribution in [0.25, 0.3) is 11.3 Å². The van der Waals surface area contributed by atoms with Gasteiger partial charge in [-0.25, -0.2) is 0 Å². The molecule has 2 N–H and O–H groups in total. The van der Waals surface area contributed by atoms with Crippen molar-refractivity contribution in [2.24, 2.45) is 0 Å². The number of nitrogen functional groups attached to an aromatic ring is 1. The summed E-state index contributed by atoms with van der Waals surface area (Å²) in [7, 11) is 0. The fraction of sp³-hybridized carbons (Fsp3) is 0.100. The fourth-order valence-electron chi connectivity index (χ4n) is 1.20. The van der Waals surface area contributed by atoms with E-state index in [2.05, 4.69) is 27.7 Å². The van der Waals surface area contributed by atoms with Gasteiger partial charge in [0, 0.05) is 10.6 Å². The van der Waals surface area contributed by atoms with Gasteiger partial charge < -0.3 is 10.3 Å². The molecule has 78 valence electrons. The van der Waals surface area contributed by atoms with Crippen LogP contribution in [0.1, 0.15) is 5.56 Å². The highest BCUT2D eigenvalue weighted by atomic mass is 127. The van der Waals surface area contributed by atoms with Crippen molar-refractivity contribution in [3.05, 3.63) is 32.4 Å². The molecule has 0 fully saturated rings. The number of nitrogens with two attached hydrogens (primary N) is 1.